The van der Waals surface area contributed by atoms with E-state index in [1.165, 1.54) is 27.9 Å². The van der Waals surface area contributed by atoms with Gasteiger partial charge in [-0.25, -0.2) is 0 Å². The largest absolute Gasteiger partial charge is 0.285 e. The van der Waals surface area contributed by atoms with E-state index < -0.39 is 0 Å². The Labute approximate surface area is 209 Å². The normalized spacial score (nSPS) is 16.7. The molecule has 1 aliphatic rings. The van der Waals surface area contributed by atoms with Crippen molar-refractivity contribution in [1.29, 1.82) is 0 Å². The first-order chi connectivity index (χ1) is 17.2. The van der Waals surface area contributed by atoms with Crippen molar-refractivity contribution in [2.24, 2.45) is 4.99 Å². The Hall–Kier alpha value is -3.75. The molecule has 0 N–H and O–H groups in total. The molecule has 4 aromatic carbocycles. The fourth-order valence-corrected chi connectivity index (χ4v) is 5.53. The van der Waals surface area contributed by atoms with Crippen LogP contribution in [0.5, 0.6) is 0 Å². The third-order valence-electron chi connectivity index (χ3n) is 7.44. The molecule has 1 aliphatic heterocycles. The van der Waals surface area contributed by atoms with Crippen molar-refractivity contribution in [3.8, 4) is 0 Å². The highest BCUT2D eigenvalue weighted by Crippen LogP contribution is 2.49. The second-order valence-electron chi connectivity index (χ2n) is 9.25. The van der Waals surface area contributed by atoms with Crippen LogP contribution < -0.4 is 4.48 Å². The van der Waals surface area contributed by atoms with Gasteiger partial charge in [-0.15, -0.1) is 0 Å². The zero-order chi connectivity index (χ0) is 24.1. The van der Waals surface area contributed by atoms with E-state index in [0.717, 1.165) is 35.2 Å². The quantitative estimate of drug-likeness (QED) is 0.150. The Morgan fingerprint density at radius 2 is 1.34 bits per heavy atom. The van der Waals surface area contributed by atoms with E-state index >= 15 is 0 Å². The second kappa shape index (κ2) is 10.2. The molecule has 1 heterocycles. The number of rotatable bonds is 7. The number of aliphatic imine (C=N–C) groups is 1. The molecule has 0 amide bonds. The van der Waals surface area contributed by atoms with Gasteiger partial charge in [-0.3, -0.25) is 9.48 Å². The molecule has 174 valence electrons. The van der Waals surface area contributed by atoms with Crippen LogP contribution in [-0.4, -0.2) is 19.3 Å². The molecule has 5 rings (SSSR count). The molecule has 2 nitrogen and oxygen atoms in total. The van der Waals surface area contributed by atoms with Gasteiger partial charge in [-0.1, -0.05) is 103 Å². The van der Waals surface area contributed by atoms with Crippen molar-refractivity contribution in [3.05, 3.63) is 131 Å². The lowest BCUT2D eigenvalue weighted by Gasteiger charge is -2.39. The van der Waals surface area contributed by atoms with Gasteiger partial charge in [0.2, 0.25) is 0 Å². The Morgan fingerprint density at radius 1 is 0.743 bits per heavy atom. The Kier molecular flexibility index (Phi) is 6.74. The molecule has 0 fully saturated rings. The van der Waals surface area contributed by atoms with Crippen LogP contribution in [0.2, 0.25) is 0 Å². The van der Waals surface area contributed by atoms with Gasteiger partial charge < -0.3 is 0 Å². The minimum atomic E-state index is 0.431. The molecule has 0 aliphatic carbocycles. The lowest BCUT2D eigenvalue weighted by Crippen LogP contribution is -2.49. The van der Waals surface area contributed by atoms with E-state index in [2.05, 4.69) is 123 Å². The molecule has 0 aromatic heterocycles. The summed E-state index contributed by atoms with van der Waals surface area (Å²) in [4.78, 5) is 5.01. The van der Waals surface area contributed by atoms with Crippen LogP contribution in [0, 0.1) is 0 Å². The molecule has 1 atom stereocenters. The predicted octanol–water partition coefficient (Wildman–Crippen LogP) is 8.25. The summed E-state index contributed by atoms with van der Waals surface area (Å²) in [6.45, 7) is 6.77. The summed E-state index contributed by atoms with van der Waals surface area (Å²) in [6.07, 6.45) is 7.44. The highest BCUT2D eigenvalue weighted by Gasteiger charge is 2.45. The zero-order valence-electron chi connectivity index (χ0n) is 20.6. The average molecular weight is 458 g/mol. The predicted molar refractivity (Wildman–Crippen MR) is 151 cm³/mol. The van der Waals surface area contributed by atoms with Crippen LogP contribution in [0.4, 0.5) is 11.4 Å². The van der Waals surface area contributed by atoms with Gasteiger partial charge in [0.25, 0.3) is 0 Å². The van der Waals surface area contributed by atoms with Crippen molar-refractivity contribution in [1.82, 2.24) is 4.48 Å². The van der Waals surface area contributed by atoms with E-state index in [1.54, 1.807) is 0 Å². The van der Waals surface area contributed by atoms with Gasteiger partial charge in [-0.05, 0) is 31.0 Å². The molecule has 35 heavy (non-hydrogen) atoms. The first kappa shape index (κ1) is 23.0. The summed E-state index contributed by atoms with van der Waals surface area (Å²) >= 11 is 0. The van der Waals surface area contributed by atoms with E-state index in [9.17, 15) is 0 Å². The Balaban J connectivity index is 1.62. The number of quaternary nitrogens is 1. The van der Waals surface area contributed by atoms with Crippen LogP contribution >= 0.6 is 0 Å². The van der Waals surface area contributed by atoms with Crippen molar-refractivity contribution in [2.75, 3.05) is 13.1 Å². The average Bonchev–Trinajstić information content (AvgIpc) is 3.25. The molecule has 0 bridgehead atoms. The van der Waals surface area contributed by atoms with Gasteiger partial charge in [0.15, 0.2) is 0 Å². The third-order valence-corrected chi connectivity index (χ3v) is 7.44. The van der Waals surface area contributed by atoms with Gasteiger partial charge in [0, 0.05) is 35.4 Å². The SMILES string of the molecule is CC[N+]1(CC)c2cc(N=Cc3ccccc3)c(/C=C/c3ccccc3)cc2CC1c1ccccc1. The van der Waals surface area contributed by atoms with Gasteiger partial charge >= 0.3 is 0 Å². The maximum Gasteiger partial charge on any atom is 0.139 e. The van der Waals surface area contributed by atoms with Crippen molar-refractivity contribution in [3.63, 3.8) is 0 Å². The maximum atomic E-state index is 5.01. The number of benzene rings is 4. The smallest absolute Gasteiger partial charge is 0.139 e. The molecule has 0 spiro atoms. The lowest BCUT2D eigenvalue weighted by atomic mass is 10.00. The minimum absolute atomic E-state index is 0.431. The number of hydrogen-bond acceptors (Lipinski definition) is 1. The number of likely N-dealkylation sites (N-methyl/N-ethyl adjacent to an activating group) is 1. The first-order valence-corrected chi connectivity index (χ1v) is 12.6. The Bertz CT molecular complexity index is 1320. The van der Waals surface area contributed by atoms with Crippen LogP contribution in [0.3, 0.4) is 0 Å². The molecular formula is C33H33N2+. The van der Waals surface area contributed by atoms with Crippen LogP contribution in [0.15, 0.2) is 108 Å². The number of hydrogen-bond donors (Lipinski definition) is 0. The number of nitrogens with zero attached hydrogens (tertiary/aromatic N) is 2. The maximum absolute atomic E-state index is 5.01. The fourth-order valence-electron chi connectivity index (χ4n) is 5.53. The molecule has 2 heteroatoms. The highest BCUT2D eigenvalue weighted by molar-refractivity contribution is 5.86. The summed E-state index contributed by atoms with van der Waals surface area (Å²) in [6, 6.07) is 37.0. The lowest BCUT2D eigenvalue weighted by molar-refractivity contribution is 0.241. The first-order valence-electron chi connectivity index (χ1n) is 12.6. The standard InChI is InChI=1S/C33H33N2/c1-3-35(4-2)32(28-18-12-7-13-19-28)23-30-22-29(21-20-26-14-8-5-9-15-26)31(24-33(30)35)34-25-27-16-10-6-11-17-27/h5-22,24-25,32H,3-4,23H2,1-2H3/q+1/b21-20+,34-25?. The molecule has 4 aromatic rings. The summed E-state index contributed by atoms with van der Waals surface area (Å²) in [5.74, 6) is 0. The zero-order valence-corrected chi connectivity index (χ0v) is 20.6. The van der Waals surface area contributed by atoms with Crippen molar-refractivity contribution in [2.45, 2.75) is 26.3 Å². The van der Waals surface area contributed by atoms with Gasteiger partial charge in [0.1, 0.15) is 11.7 Å². The second-order valence-corrected chi connectivity index (χ2v) is 9.25. The third kappa shape index (κ3) is 4.62. The highest BCUT2D eigenvalue weighted by atomic mass is 15.4. The van der Waals surface area contributed by atoms with Crippen LogP contribution in [0.1, 0.15) is 47.7 Å². The fraction of sp³-hybridized carbons (Fsp3) is 0.182. The summed E-state index contributed by atoms with van der Waals surface area (Å²) in [5.41, 5.74) is 8.77. The van der Waals surface area contributed by atoms with E-state index in [1.807, 2.05) is 12.3 Å². The topological polar surface area (TPSA) is 12.4 Å². The van der Waals surface area contributed by atoms with E-state index in [4.69, 9.17) is 4.99 Å². The van der Waals surface area contributed by atoms with Crippen LogP contribution in [-0.2, 0) is 6.42 Å². The van der Waals surface area contributed by atoms with E-state index in [0.29, 0.717) is 6.04 Å². The minimum Gasteiger partial charge on any atom is -0.285 e. The van der Waals surface area contributed by atoms with Crippen LogP contribution in [0.25, 0.3) is 12.2 Å². The van der Waals surface area contributed by atoms with Gasteiger partial charge in [-0.2, -0.15) is 0 Å². The Morgan fingerprint density at radius 3 is 1.97 bits per heavy atom. The number of fused-ring (bicyclic) bond motifs is 1. The van der Waals surface area contributed by atoms with Gasteiger partial charge in [0.05, 0.1) is 18.8 Å². The monoisotopic (exact) mass is 457 g/mol. The summed E-state index contributed by atoms with van der Waals surface area (Å²) in [7, 11) is 0. The van der Waals surface area contributed by atoms with Crippen molar-refractivity contribution >= 4 is 29.7 Å². The summed E-state index contributed by atoms with van der Waals surface area (Å²) in [5, 5.41) is 0. The summed E-state index contributed by atoms with van der Waals surface area (Å²) < 4.78 is 0.968. The molecule has 1 unspecified atom stereocenters. The molecular weight excluding hydrogens is 424 g/mol. The molecule has 0 saturated heterocycles. The molecule has 0 saturated carbocycles. The molecule has 0 radical (unpaired) electrons. The van der Waals surface area contributed by atoms with Crippen molar-refractivity contribution < 1.29 is 0 Å². The van der Waals surface area contributed by atoms with E-state index in [-0.39, 0.29) is 0 Å².